The fourth-order valence-electron chi connectivity index (χ4n) is 1.14. The minimum absolute atomic E-state index is 0.0671. The summed E-state index contributed by atoms with van der Waals surface area (Å²) in [4.78, 5) is 10.3. The van der Waals surface area contributed by atoms with Crippen molar-refractivity contribution in [3.63, 3.8) is 0 Å². The van der Waals surface area contributed by atoms with Crippen molar-refractivity contribution < 1.29 is 15.0 Å². The van der Waals surface area contributed by atoms with Crippen LogP contribution in [0.5, 0.6) is 0 Å². The molecule has 0 aromatic heterocycles. The molecule has 5 nitrogen and oxygen atoms in total. The predicted molar refractivity (Wildman–Crippen MR) is 49.5 cm³/mol. The van der Waals surface area contributed by atoms with Gasteiger partial charge in [0.15, 0.2) is 0 Å². The topological polar surface area (TPSA) is 95.6 Å². The standard InChI is InChI=1S/C8H18N2O3/c1-5(2)3-6(7(11)4-9)10-8(12)13/h5-7,10-11H,3-4,9H2,1-2H3,(H,12,13)/t6-,7-/m0/s1. The first-order chi connectivity index (χ1) is 5.97. The molecule has 0 saturated heterocycles. The molecule has 0 unspecified atom stereocenters. The number of nitrogens with two attached hydrogens (primary N) is 1. The van der Waals surface area contributed by atoms with Gasteiger partial charge in [0, 0.05) is 6.54 Å². The lowest BCUT2D eigenvalue weighted by Gasteiger charge is -2.23. The highest BCUT2D eigenvalue weighted by molar-refractivity contribution is 5.64. The van der Waals surface area contributed by atoms with Crippen molar-refractivity contribution in [2.45, 2.75) is 32.4 Å². The number of amides is 1. The molecule has 0 aliphatic rings. The van der Waals surface area contributed by atoms with E-state index in [2.05, 4.69) is 5.32 Å². The Kier molecular flexibility index (Phi) is 5.41. The smallest absolute Gasteiger partial charge is 0.404 e. The molecular weight excluding hydrogens is 172 g/mol. The number of nitrogens with one attached hydrogen (secondary N) is 1. The fraction of sp³-hybridized carbons (Fsp3) is 0.875. The van der Waals surface area contributed by atoms with Crippen LogP contribution in [0.4, 0.5) is 4.79 Å². The molecule has 0 radical (unpaired) electrons. The van der Waals surface area contributed by atoms with E-state index in [1.807, 2.05) is 13.8 Å². The average molecular weight is 190 g/mol. The SMILES string of the molecule is CC(C)C[C@H](NC(=O)O)[C@@H](O)CN. The van der Waals surface area contributed by atoms with Crippen LogP contribution in [0.2, 0.25) is 0 Å². The first kappa shape index (κ1) is 12.2. The first-order valence-electron chi connectivity index (χ1n) is 4.35. The number of hydrogen-bond donors (Lipinski definition) is 4. The zero-order chi connectivity index (χ0) is 10.4. The van der Waals surface area contributed by atoms with Crippen molar-refractivity contribution >= 4 is 6.09 Å². The quantitative estimate of drug-likeness (QED) is 0.490. The first-order valence-corrected chi connectivity index (χ1v) is 4.35. The minimum Gasteiger partial charge on any atom is -0.465 e. The fourth-order valence-corrected chi connectivity index (χ4v) is 1.14. The van der Waals surface area contributed by atoms with E-state index < -0.39 is 18.2 Å². The van der Waals surface area contributed by atoms with Crippen LogP contribution in [-0.2, 0) is 0 Å². The Balaban J connectivity index is 4.10. The normalized spacial score (nSPS) is 15.5. The summed E-state index contributed by atoms with van der Waals surface area (Å²) in [6, 6.07) is -0.470. The summed E-state index contributed by atoms with van der Waals surface area (Å²) in [5, 5.41) is 20.1. The maximum atomic E-state index is 10.3. The number of rotatable bonds is 5. The summed E-state index contributed by atoms with van der Waals surface area (Å²) in [7, 11) is 0. The molecule has 0 aromatic carbocycles. The van der Waals surface area contributed by atoms with Gasteiger partial charge in [-0.05, 0) is 12.3 Å². The van der Waals surface area contributed by atoms with Gasteiger partial charge in [-0.25, -0.2) is 4.79 Å². The molecule has 5 heteroatoms. The van der Waals surface area contributed by atoms with E-state index in [4.69, 9.17) is 10.8 Å². The summed E-state index contributed by atoms with van der Waals surface area (Å²) >= 11 is 0. The Morgan fingerprint density at radius 1 is 1.54 bits per heavy atom. The molecule has 0 aliphatic heterocycles. The van der Waals surface area contributed by atoms with E-state index in [0.717, 1.165) is 0 Å². The molecule has 0 aliphatic carbocycles. The third-order valence-corrected chi connectivity index (χ3v) is 1.74. The van der Waals surface area contributed by atoms with Crippen molar-refractivity contribution in [2.75, 3.05) is 6.54 Å². The molecule has 0 fully saturated rings. The monoisotopic (exact) mass is 190 g/mol. The highest BCUT2D eigenvalue weighted by Gasteiger charge is 2.20. The van der Waals surface area contributed by atoms with E-state index in [1.165, 1.54) is 0 Å². The highest BCUT2D eigenvalue weighted by atomic mass is 16.4. The molecule has 0 heterocycles. The second kappa shape index (κ2) is 5.77. The average Bonchev–Trinajstić information content (AvgIpc) is 2.00. The molecule has 5 N–H and O–H groups in total. The minimum atomic E-state index is -1.13. The van der Waals surface area contributed by atoms with Gasteiger partial charge in [-0.2, -0.15) is 0 Å². The summed E-state index contributed by atoms with van der Waals surface area (Å²) in [5.41, 5.74) is 5.24. The second-order valence-electron chi connectivity index (χ2n) is 3.49. The van der Waals surface area contributed by atoms with Crippen molar-refractivity contribution in [3.8, 4) is 0 Å². The third-order valence-electron chi connectivity index (χ3n) is 1.74. The van der Waals surface area contributed by atoms with Crippen LogP contribution >= 0.6 is 0 Å². The van der Waals surface area contributed by atoms with Crippen LogP contribution in [0.3, 0.4) is 0 Å². The number of aliphatic hydroxyl groups is 1. The van der Waals surface area contributed by atoms with Crippen molar-refractivity contribution in [1.82, 2.24) is 5.32 Å². The van der Waals surface area contributed by atoms with Crippen LogP contribution in [0.15, 0.2) is 0 Å². The van der Waals surface area contributed by atoms with Crippen LogP contribution in [-0.4, -0.2) is 35.0 Å². The van der Waals surface area contributed by atoms with Gasteiger partial charge in [-0.3, -0.25) is 0 Å². The molecule has 1 amide bonds. The van der Waals surface area contributed by atoms with E-state index >= 15 is 0 Å². The molecule has 0 saturated carbocycles. The van der Waals surface area contributed by atoms with Gasteiger partial charge in [-0.1, -0.05) is 13.8 Å². The lowest BCUT2D eigenvalue weighted by Crippen LogP contribution is -2.46. The molecular formula is C8H18N2O3. The zero-order valence-corrected chi connectivity index (χ0v) is 8.03. The largest absolute Gasteiger partial charge is 0.465 e. The van der Waals surface area contributed by atoms with Crippen LogP contribution in [0.25, 0.3) is 0 Å². The number of carbonyl (C=O) groups is 1. The maximum absolute atomic E-state index is 10.3. The molecule has 78 valence electrons. The third kappa shape index (κ3) is 5.43. The highest BCUT2D eigenvalue weighted by Crippen LogP contribution is 2.07. The lowest BCUT2D eigenvalue weighted by molar-refractivity contribution is 0.116. The maximum Gasteiger partial charge on any atom is 0.404 e. The van der Waals surface area contributed by atoms with Crippen LogP contribution in [0, 0.1) is 5.92 Å². The summed E-state index contributed by atoms with van der Waals surface area (Å²) in [6.07, 6.45) is -1.35. The lowest BCUT2D eigenvalue weighted by atomic mass is 9.99. The van der Waals surface area contributed by atoms with E-state index in [9.17, 15) is 9.90 Å². The van der Waals surface area contributed by atoms with E-state index in [-0.39, 0.29) is 6.54 Å². The molecule has 0 bridgehead atoms. The summed E-state index contributed by atoms with van der Waals surface area (Å²) < 4.78 is 0. The Bertz CT molecular complexity index is 161. The summed E-state index contributed by atoms with van der Waals surface area (Å²) in [6.45, 7) is 3.98. The zero-order valence-electron chi connectivity index (χ0n) is 8.03. The van der Waals surface area contributed by atoms with Crippen molar-refractivity contribution in [3.05, 3.63) is 0 Å². The van der Waals surface area contributed by atoms with Gasteiger partial charge in [0.2, 0.25) is 0 Å². The Labute approximate surface area is 77.9 Å². The van der Waals surface area contributed by atoms with Gasteiger partial charge in [0.25, 0.3) is 0 Å². The van der Waals surface area contributed by atoms with Gasteiger partial charge >= 0.3 is 6.09 Å². The van der Waals surface area contributed by atoms with Crippen LogP contribution < -0.4 is 11.1 Å². The van der Waals surface area contributed by atoms with Gasteiger partial charge < -0.3 is 21.3 Å². The van der Waals surface area contributed by atoms with E-state index in [0.29, 0.717) is 12.3 Å². The van der Waals surface area contributed by atoms with Crippen LogP contribution in [0.1, 0.15) is 20.3 Å². The second-order valence-corrected chi connectivity index (χ2v) is 3.49. The number of hydrogen-bond acceptors (Lipinski definition) is 3. The molecule has 0 spiro atoms. The Morgan fingerprint density at radius 2 is 2.08 bits per heavy atom. The molecule has 0 aromatic rings. The van der Waals surface area contributed by atoms with Crippen molar-refractivity contribution in [2.24, 2.45) is 11.7 Å². The predicted octanol–water partition coefficient (Wildman–Crippen LogP) is -0.0117. The van der Waals surface area contributed by atoms with Gasteiger partial charge in [0.1, 0.15) is 0 Å². The molecule has 0 rings (SSSR count). The summed E-state index contributed by atoms with van der Waals surface area (Å²) in [5.74, 6) is 0.318. The Hall–Kier alpha value is -0.810. The molecule has 13 heavy (non-hydrogen) atoms. The van der Waals surface area contributed by atoms with Crippen molar-refractivity contribution in [1.29, 1.82) is 0 Å². The molecule has 2 atom stereocenters. The van der Waals surface area contributed by atoms with Gasteiger partial charge in [0.05, 0.1) is 12.1 Å². The van der Waals surface area contributed by atoms with Gasteiger partial charge in [-0.15, -0.1) is 0 Å². The number of aliphatic hydroxyl groups excluding tert-OH is 1. The Morgan fingerprint density at radius 3 is 2.38 bits per heavy atom. The van der Waals surface area contributed by atoms with E-state index in [1.54, 1.807) is 0 Å². The number of carboxylic acid groups (broad SMARTS) is 1.